The zero-order valence-corrected chi connectivity index (χ0v) is 13.9. The first-order chi connectivity index (χ1) is 12.5. The van der Waals surface area contributed by atoms with Crippen LogP contribution in [0.4, 0.5) is 19.0 Å². The van der Waals surface area contributed by atoms with E-state index in [2.05, 4.69) is 19.9 Å². The molecule has 26 heavy (non-hydrogen) atoms. The number of H-pyrrole nitrogens is 1. The Morgan fingerprint density at radius 2 is 2.19 bits per heavy atom. The highest BCUT2D eigenvalue weighted by Crippen LogP contribution is 2.39. The fourth-order valence-corrected chi connectivity index (χ4v) is 3.26. The zero-order chi connectivity index (χ0) is 18.3. The summed E-state index contributed by atoms with van der Waals surface area (Å²) < 4.78 is 50.4. The molecule has 0 aliphatic carbocycles. The van der Waals surface area contributed by atoms with Crippen LogP contribution in [0.1, 0.15) is 36.2 Å². The second-order valence-corrected chi connectivity index (χ2v) is 6.06. The van der Waals surface area contributed by atoms with Gasteiger partial charge >= 0.3 is 6.18 Å². The predicted molar refractivity (Wildman–Crippen MR) is 85.4 cm³/mol. The number of nitrogens with one attached hydrogen (secondary N) is 1. The number of halogens is 3. The summed E-state index contributed by atoms with van der Waals surface area (Å²) in [4.78, 5) is 15.9. The lowest BCUT2D eigenvalue weighted by molar-refractivity contribution is -0.144. The van der Waals surface area contributed by atoms with E-state index in [0.29, 0.717) is 30.2 Å². The number of hydrogen-bond acceptors (Lipinski definition) is 6. The molecule has 7 nitrogen and oxygen atoms in total. The van der Waals surface area contributed by atoms with Crippen molar-refractivity contribution in [3.63, 3.8) is 0 Å². The summed E-state index contributed by atoms with van der Waals surface area (Å²) >= 11 is 0. The number of hydrogen-bond donors (Lipinski definition) is 1. The van der Waals surface area contributed by atoms with Gasteiger partial charge in [-0.25, -0.2) is 15.0 Å². The van der Waals surface area contributed by atoms with Crippen molar-refractivity contribution in [3.8, 4) is 0 Å². The number of alkyl halides is 3. The van der Waals surface area contributed by atoms with E-state index in [9.17, 15) is 13.2 Å². The second-order valence-electron chi connectivity index (χ2n) is 6.06. The Morgan fingerprint density at radius 3 is 2.96 bits per heavy atom. The third-order valence-corrected chi connectivity index (χ3v) is 4.34. The maximum atomic E-state index is 13.2. The Hall–Kier alpha value is -2.62. The molecular weight excluding hydrogens is 351 g/mol. The van der Waals surface area contributed by atoms with E-state index < -0.39 is 12.0 Å². The molecule has 3 aromatic heterocycles. The molecule has 0 radical (unpaired) electrons. The quantitative estimate of drug-likeness (QED) is 0.761. The molecule has 0 saturated carbocycles. The Bertz CT molecular complexity index is 920. The van der Waals surface area contributed by atoms with Gasteiger partial charge in [-0.3, -0.25) is 0 Å². The molecule has 0 amide bonds. The van der Waals surface area contributed by atoms with Crippen molar-refractivity contribution >= 4 is 17.0 Å². The number of fused-ring (bicyclic) bond motifs is 1. The number of furan rings is 1. The summed E-state index contributed by atoms with van der Waals surface area (Å²) in [6.45, 7) is 0.899. The molecule has 1 N–H and O–H groups in total. The molecule has 1 unspecified atom stereocenters. The molecule has 0 spiro atoms. The molecule has 1 aliphatic heterocycles. The van der Waals surface area contributed by atoms with Gasteiger partial charge in [-0.05, 0) is 25.0 Å². The highest BCUT2D eigenvalue weighted by molar-refractivity contribution is 5.83. The third kappa shape index (κ3) is 2.90. The SMILES string of the molecule is COCc1ccc(C2CCCN2c2nc(C(F)(F)F)nc3nc[nH]c23)o1. The van der Waals surface area contributed by atoms with Crippen LogP contribution in [-0.4, -0.2) is 33.6 Å². The average Bonchev–Trinajstić information content (AvgIpc) is 3.33. The molecule has 10 heteroatoms. The van der Waals surface area contributed by atoms with Gasteiger partial charge in [-0.1, -0.05) is 0 Å². The molecule has 0 aromatic carbocycles. The largest absolute Gasteiger partial charge is 0.461 e. The van der Waals surface area contributed by atoms with Crippen LogP contribution in [0.3, 0.4) is 0 Å². The number of rotatable bonds is 4. The standard InChI is InChI=1S/C16H16F3N5O2/c1-25-7-9-4-5-11(26-9)10-3-2-6-24(10)14-12-13(21-8-20-12)22-15(23-14)16(17,18)19/h4-5,8,10H,2-3,6-7H2,1H3,(H,20,21,22,23). The van der Waals surface area contributed by atoms with Crippen LogP contribution in [0.5, 0.6) is 0 Å². The van der Waals surface area contributed by atoms with Crippen LogP contribution in [0.2, 0.25) is 0 Å². The minimum absolute atomic E-state index is 0.00695. The van der Waals surface area contributed by atoms with Crippen molar-refractivity contribution in [1.29, 1.82) is 0 Å². The fraction of sp³-hybridized carbons (Fsp3) is 0.438. The van der Waals surface area contributed by atoms with Crippen LogP contribution in [-0.2, 0) is 17.5 Å². The Kier molecular flexibility index (Phi) is 4.06. The highest BCUT2D eigenvalue weighted by atomic mass is 19.4. The van der Waals surface area contributed by atoms with Gasteiger partial charge in [-0.15, -0.1) is 0 Å². The van der Waals surface area contributed by atoms with E-state index in [-0.39, 0.29) is 17.5 Å². The first-order valence-electron chi connectivity index (χ1n) is 8.10. The first-order valence-corrected chi connectivity index (χ1v) is 8.10. The van der Waals surface area contributed by atoms with Crippen molar-refractivity contribution in [2.75, 3.05) is 18.6 Å². The minimum Gasteiger partial charge on any atom is -0.461 e. The van der Waals surface area contributed by atoms with Crippen LogP contribution < -0.4 is 4.90 Å². The summed E-state index contributed by atoms with van der Waals surface area (Å²) in [6, 6.07) is 3.43. The van der Waals surface area contributed by atoms with E-state index >= 15 is 0 Å². The van der Waals surface area contributed by atoms with Crippen LogP contribution >= 0.6 is 0 Å². The number of ether oxygens (including phenoxy) is 1. The number of imidazole rings is 1. The molecule has 1 saturated heterocycles. The highest BCUT2D eigenvalue weighted by Gasteiger charge is 2.38. The molecule has 1 aliphatic rings. The summed E-state index contributed by atoms with van der Waals surface area (Å²) in [5.74, 6) is 0.332. The van der Waals surface area contributed by atoms with Gasteiger partial charge in [0.2, 0.25) is 5.82 Å². The Morgan fingerprint density at radius 1 is 1.35 bits per heavy atom. The number of aromatic nitrogens is 4. The molecule has 1 fully saturated rings. The van der Waals surface area contributed by atoms with Crippen LogP contribution in [0.15, 0.2) is 22.9 Å². The van der Waals surface area contributed by atoms with Crippen molar-refractivity contribution in [2.45, 2.75) is 31.7 Å². The van der Waals surface area contributed by atoms with Crippen molar-refractivity contribution in [3.05, 3.63) is 35.8 Å². The third-order valence-electron chi connectivity index (χ3n) is 4.34. The molecule has 138 valence electrons. The maximum Gasteiger partial charge on any atom is 0.451 e. The van der Waals surface area contributed by atoms with Gasteiger partial charge in [0.15, 0.2) is 11.5 Å². The molecular formula is C16H16F3N5O2. The maximum absolute atomic E-state index is 13.2. The lowest BCUT2D eigenvalue weighted by Gasteiger charge is -2.25. The monoisotopic (exact) mass is 367 g/mol. The van der Waals surface area contributed by atoms with Crippen LogP contribution in [0.25, 0.3) is 11.2 Å². The number of anilines is 1. The number of aromatic amines is 1. The molecule has 3 aromatic rings. The smallest absolute Gasteiger partial charge is 0.451 e. The normalized spacial score (nSPS) is 18.2. The van der Waals surface area contributed by atoms with Gasteiger partial charge in [0.25, 0.3) is 0 Å². The van der Waals surface area contributed by atoms with E-state index in [1.165, 1.54) is 6.33 Å². The summed E-state index contributed by atoms with van der Waals surface area (Å²) in [5, 5.41) is 0. The Balaban J connectivity index is 1.76. The van der Waals surface area contributed by atoms with E-state index in [4.69, 9.17) is 9.15 Å². The molecule has 0 bridgehead atoms. The second kappa shape index (κ2) is 6.27. The summed E-state index contributed by atoms with van der Waals surface area (Å²) in [6.07, 6.45) is -1.77. The predicted octanol–water partition coefficient (Wildman–Crippen LogP) is 3.45. The Labute approximate surface area is 146 Å². The molecule has 4 rings (SSSR count). The fourth-order valence-electron chi connectivity index (χ4n) is 3.26. The van der Waals surface area contributed by atoms with Crippen molar-refractivity contribution < 1.29 is 22.3 Å². The van der Waals surface area contributed by atoms with Gasteiger partial charge in [0, 0.05) is 13.7 Å². The first kappa shape index (κ1) is 16.8. The van der Waals surface area contributed by atoms with Gasteiger partial charge in [0.1, 0.15) is 23.6 Å². The van der Waals surface area contributed by atoms with E-state index in [1.807, 2.05) is 17.0 Å². The van der Waals surface area contributed by atoms with E-state index in [1.54, 1.807) is 7.11 Å². The number of nitrogens with zero attached hydrogens (tertiary/aromatic N) is 4. The topological polar surface area (TPSA) is 80.1 Å². The van der Waals surface area contributed by atoms with Crippen molar-refractivity contribution in [2.24, 2.45) is 0 Å². The van der Waals surface area contributed by atoms with Gasteiger partial charge < -0.3 is 19.0 Å². The molecule has 1 atom stereocenters. The number of methoxy groups -OCH3 is 1. The minimum atomic E-state index is -4.65. The van der Waals surface area contributed by atoms with Gasteiger partial charge in [0.05, 0.1) is 12.4 Å². The van der Waals surface area contributed by atoms with E-state index in [0.717, 1.165) is 12.8 Å². The lowest BCUT2D eigenvalue weighted by Crippen LogP contribution is -2.25. The lowest BCUT2D eigenvalue weighted by atomic mass is 10.1. The summed E-state index contributed by atoms with van der Waals surface area (Å²) in [7, 11) is 1.57. The average molecular weight is 367 g/mol. The molecule has 4 heterocycles. The van der Waals surface area contributed by atoms with Crippen molar-refractivity contribution in [1.82, 2.24) is 19.9 Å². The summed E-state index contributed by atoms with van der Waals surface area (Å²) in [5.41, 5.74) is 0.376. The van der Waals surface area contributed by atoms with Crippen LogP contribution in [0, 0.1) is 0 Å². The van der Waals surface area contributed by atoms with Gasteiger partial charge in [-0.2, -0.15) is 13.2 Å². The zero-order valence-electron chi connectivity index (χ0n) is 13.9.